The molecule has 0 bridgehead atoms. The van der Waals surface area contributed by atoms with Gasteiger partial charge in [0.1, 0.15) is 0 Å². The molecule has 0 aromatic carbocycles. The minimum atomic E-state index is -1.42. The van der Waals surface area contributed by atoms with Crippen LogP contribution in [0, 0.1) is 0 Å². The van der Waals surface area contributed by atoms with Crippen molar-refractivity contribution in [3.63, 3.8) is 0 Å². The Balaban J connectivity index is 2.39. The minimum absolute atomic E-state index is 0.123. The van der Waals surface area contributed by atoms with Gasteiger partial charge >= 0.3 is 13.1 Å². The second-order valence-electron chi connectivity index (χ2n) is 2.06. The molecule has 4 nitrogen and oxygen atoms in total. The first-order valence-electron chi connectivity index (χ1n) is 2.72. The van der Waals surface area contributed by atoms with Crippen LogP contribution >= 0.6 is 0 Å². The Morgan fingerprint density at radius 1 is 1.67 bits per heavy atom. The maximum absolute atomic E-state index is 10.3. The van der Waals surface area contributed by atoms with E-state index >= 15 is 0 Å². The summed E-state index contributed by atoms with van der Waals surface area (Å²) < 4.78 is 4.47. The van der Waals surface area contributed by atoms with Crippen LogP contribution in [-0.2, 0) is 9.53 Å². The third-order valence-corrected chi connectivity index (χ3v) is 1.31. The molecule has 1 aliphatic heterocycles. The van der Waals surface area contributed by atoms with Crippen molar-refractivity contribution in [1.82, 2.24) is 0 Å². The highest BCUT2D eigenvalue weighted by Crippen LogP contribution is 2.20. The maximum atomic E-state index is 10.3. The second-order valence-corrected chi connectivity index (χ2v) is 2.06. The third-order valence-electron chi connectivity index (χ3n) is 1.31. The quantitative estimate of drug-likeness (QED) is 0.344. The number of hydrogen-bond donors (Lipinski definition) is 2. The highest BCUT2D eigenvalue weighted by molar-refractivity contribution is 6.43. The van der Waals surface area contributed by atoms with Gasteiger partial charge in [0.2, 0.25) is 0 Å². The fourth-order valence-electron chi connectivity index (χ4n) is 0.723. The Kier molecular flexibility index (Phi) is 1.73. The van der Waals surface area contributed by atoms with Gasteiger partial charge in [0, 0.05) is 5.82 Å². The summed E-state index contributed by atoms with van der Waals surface area (Å²) in [6.45, 7) is 0.135. The van der Waals surface area contributed by atoms with Gasteiger partial charge < -0.3 is 14.8 Å². The largest absolute Gasteiger partial charge is 0.466 e. The third kappa shape index (κ3) is 1.43. The standard InChI is InChI=1S/C4H7BO4/c6-4-1-3(2-9-4)5(7)8/h3,7-8H,1-2H2. The molecule has 0 spiro atoms. The van der Waals surface area contributed by atoms with E-state index in [0.29, 0.717) is 0 Å². The van der Waals surface area contributed by atoms with E-state index in [1.807, 2.05) is 0 Å². The Hall–Kier alpha value is -0.545. The summed E-state index contributed by atoms with van der Waals surface area (Å²) in [7, 11) is -1.42. The normalized spacial score (nSPS) is 26.0. The minimum Gasteiger partial charge on any atom is -0.466 e. The molecule has 5 heteroatoms. The van der Waals surface area contributed by atoms with Crippen LogP contribution in [0.5, 0.6) is 0 Å². The molecule has 0 amide bonds. The fourth-order valence-corrected chi connectivity index (χ4v) is 0.723. The van der Waals surface area contributed by atoms with Crippen LogP contribution in [0.25, 0.3) is 0 Å². The smallest absolute Gasteiger partial charge is 0.458 e. The molecule has 50 valence electrons. The first kappa shape index (κ1) is 6.57. The summed E-state index contributed by atoms with van der Waals surface area (Å²) in [5.74, 6) is -0.773. The summed E-state index contributed by atoms with van der Waals surface area (Å²) in [6.07, 6.45) is 0.123. The van der Waals surface area contributed by atoms with E-state index in [9.17, 15) is 4.79 Å². The van der Waals surface area contributed by atoms with Crippen LogP contribution < -0.4 is 0 Å². The Bertz CT molecular complexity index is 124. The molecule has 0 aliphatic carbocycles. The zero-order valence-electron chi connectivity index (χ0n) is 4.78. The number of cyclic esters (lactones) is 1. The fraction of sp³-hybridized carbons (Fsp3) is 0.750. The molecule has 1 atom stereocenters. The highest BCUT2D eigenvalue weighted by Gasteiger charge is 2.32. The van der Waals surface area contributed by atoms with Crippen LogP contribution in [0.2, 0.25) is 5.82 Å². The first-order valence-corrected chi connectivity index (χ1v) is 2.72. The number of carbonyl (C=O) groups excluding carboxylic acids is 1. The predicted octanol–water partition coefficient (Wildman–Crippen LogP) is -1.22. The average Bonchev–Trinajstić information content (AvgIpc) is 2.14. The first-order chi connectivity index (χ1) is 4.20. The van der Waals surface area contributed by atoms with Gasteiger partial charge in [-0.1, -0.05) is 0 Å². The predicted molar refractivity (Wildman–Crippen MR) is 29.5 cm³/mol. The average molecular weight is 130 g/mol. The number of esters is 1. The van der Waals surface area contributed by atoms with Crippen molar-refractivity contribution in [1.29, 1.82) is 0 Å². The van der Waals surface area contributed by atoms with Gasteiger partial charge in [-0.05, 0) is 0 Å². The van der Waals surface area contributed by atoms with Crippen molar-refractivity contribution >= 4 is 13.1 Å². The molecule has 0 aromatic heterocycles. The summed E-state index contributed by atoms with van der Waals surface area (Å²) in [6, 6.07) is 0. The van der Waals surface area contributed by atoms with Gasteiger partial charge in [0.15, 0.2) is 0 Å². The summed E-state index contributed by atoms with van der Waals surface area (Å²) in [5.41, 5.74) is 0. The lowest BCUT2D eigenvalue weighted by Crippen LogP contribution is -2.20. The number of carbonyl (C=O) groups is 1. The SMILES string of the molecule is O=C1CC(B(O)O)CO1. The lowest BCUT2D eigenvalue weighted by atomic mass is 9.72. The zero-order valence-corrected chi connectivity index (χ0v) is 4.78. The molecule has 1 unspecified atom stereocenters. The van der Waals surface area contributed by atoms with Gasteiger partial charge in [0.25, 0.3) is 0 Å². The van der Waals surface area contributed by atoms with Crippen LogP contribution in [0.15, 0.2) is 0 Å². The van der Waals surface area contributed by atoms with E-state index in [0.717, 1.165) is 0 Å². The van der Waals surface area contributed by atoms with Crippen molar-refractivity contribution in [3.8, 4) is 0 Å². The van der Waals surface area contributed by atoms with E-state index in [1.54, 1.807) is 0 Å². The van der Waals surface area contributed by atoms with Crippen LogP contribution in [0.3, 0.4) is 0 Å². The number of rotatable bonds is 1. The molecule has 0 aromatic rings. The van der Waals surface area contributed by atoms with E-state index in [2.05, 4.69) is 4.74 Å². The van der Waals surface area contributed by atoms with Gasteiger partial charge in [0.05, 0.1) is 13.0 Å². The molecule has 9 heavy (non-hydrogen) atoms. The summed E-state index contributed by atoms with van der Waals surface area (Å²) >= 11 is 0. The Morgan fingerprint density at radius 3 is 2.56 bits per heavy atom. The van der Waals surface area contributed by atoms with Gasteiger partial charge in [-0.15, -0.1) is 0 Å². The van der Waals surface area contributed by atoms with Crippen molar-refractivity contribution in [2.45, 2.75) is 12.2 Å². The van der Waals surface area contributed by atoms with Gasteiger partial charge in [-0.3, -0.25) is 4.79 Å². The summed E-state index contributed by atoms with van der Waals surface area (Å²) in [4.78, 5) is 10.3. The Morgan fingerprint density at radius 2 is 2.33 bits per heavy atom. The Labute approximate surface area is 52.6 Å². The topological polar surface area (TPSA) is 66.8 Å². The van der Waals surface area contributed by atoms with Gasteiger partial charge in [-0.25, -0.2) is 0 Å². The number of ether oxygens (including phenoxy) is 1. The number of hydrogen-bond acceptors (Lipinski definition) is 4. The maximum Gasteiger partial charge on any atom is 0.458 e. The monoisotopic (exact) mass is 130 g/mol. The van der Waals surface area contributed by atoms with E-state index < -0.39 is 12.9 Å². The molecular weight excluding hydrogens is 123 g/mol. The molecule has 1 saturated heterocycles. The van der Waals surface area contributed by atoms with Crippen molar-refractivity contribution in [3.05, 3.63) is 0 Å². The zero-order chi connectivity index (χ0) is 6.85. The molecule has 1 rings (SSSR count). The van der Waals surface area contributed by atoms with E-state index in [4.69, 9.17) is 10.0 Å². The van der Waals surface area contributed by atoms with Crippen LogP contribution in [0.4, 0.5) is 0 Å². The van der Waals surface area contributed by atoms with Crippen molar-refractivity contribution in [2.24, 2.45) is 0 Å². The highest BCUT2D eigenvalue weighted by atomic mass is 16.5. The van der Waals surface area contributed by atoms with E-state index in [-0.39, 0.29) is 19.0 Å². The molecule has 1 aliphatic rings. The molecule has 0 radical (unpaired) electrons. The molecular formula is C4H7BO4. The van der Waals surface area contributed by atoms with Crippen molar-refractivity contribution in [2.75, 3.05) is 6.61 Å². The lowest BCUT2D eigenvalue weighted by molar-refractivity contribution is -0.137. The summed E-state index contributed by atoms with van der Waals surface area (Å²) in [5, 5.41) is 17.0. The van der Waals surface area contributed by atoms with E-state index in [1.165, 1.54) is 0 Å². The molecule has 1 heterocycles. The molecule has 0 saturated carbocycles. The van der Waals surface area contributed by atoms with Crippen molar-refractivity contribution < 1.29 is 19.6 Å². The molecule has 1 fully saturated rings. The lowest BCUT2D eigenvalue weighted by Gasteiger charge is -2.00. The van der Waals surface area contributed by atoms with Crippen LogP contribution in [-0.4, -0.2) is 29.7 Å². The molecule has 2 N–H and O–H groups in total. The van der Waals surface area contributed by atoms with Gasteiger partial charge in [-0.2, -0.15) is 0 Å². The van der Waals surface area contributed by atoms with Crippen LogP contribution in [0.1, 0.15) is 6.42 Å². The second kappa shape index (κ2) is 2.37.